The van der Waals surface area contributed by atoms with Crippen LogP contribution in [-0.2, 0) is 6.54 Å². The van der Waals surface area contributed by atoms with Crippen molar-refractivity contribution in [2.75, 3.05) is 26.9 Å². The zero-order chi connectivity index (χ0) is 21.6. The van der Waals surface area contributed by atoms with E-state index in [1.165, 1.54) is 12.8 Å². The van der Waals surface area contributed by atoms with Gasteiger partial charge in [-0.3, -0.25) is 0 Å². The fourth-order valence-electron chi connectivity index (χ4n) is 2.90. The minimum atomic E-state index is -0.690. The van der Waals surface area contributed by atoms with E-state index in [0.29, 0.717) is 36.8 Å². The van der Waals surface area contributed by atoms with Gasteiger partial charge in [0.25, 0.3) is 0 Å². The van der Waals surface area contributed by atoms with Crippen LogP contribution < -0.4 is 19.5 Å². The number of aliphatic hydroxyl groups excluding tert-OH is 1. The summed E-state index contributed by atoms with van der Waals surface area (Å²) in [5.74, 6) is 1.93. The second-order valence-corrected chi connectivity index (χ2v) is 7.12. The molecule has 0 saturated heterocycles. The van der Waals surface area contributed by atoms with E-state index in [1.54, 1.807) is 25.3 Å². The van der Waals surface area contributed by atoms with Crippen LogP contribution in [0.5, 0.6) is 17.2 Å². The summed E-state index contributed by atoms with van der Waals surface area (Å²) in [7, 11) is 1.64. The summed E-state index contributed by atoms with van der Waals surface area (Å²) in [6.45, 7) is 3.93. The van der Waals surface area contributed by atoms with Crippen molar-refractivity contribution in [2.24, 2.45) is 0 Å². The SMILES string of the molecule is CCCCCCOc1ccc(OC[C@@H](O)CNCc2ccc(OC)cc2)c(C#N)c1. The first-order chi connectivity index (χ1) is 14.7. The molecular formula is C24H32N2O4. The van der Waals surface area contributed by atoms with Crippen LogP contribution in [0.3, 0.4) is 0 Å². The molecular weight excluding hydrogens is 380 g/mol. The van der Waals surface area contributed by atoms with Crippen LogP contribution in [0.2, 0.25) is 0 Å². The number of hydrogen-bond donors (Lipinski definition) is 2. The standard InChI is InChI=1S/C24H32N2O4/c1-3-4-5-6-13-29-23-11-12-24(20(14-23)15-25)30-18-21(27)17-26-16-19-7-9-22(28-2)10-8-19/h7-12,14,21,26-27H,3-6,13,16-18H2,1-2H3/t21-/m0/s1. The molecule has 2 N–H and O–H groups in total. The Hall–Kier alpha value is -2.75. The summed E-state index contributed by atoms with van der Waals surface area (Å²) in [5, 5.41) is 22.7. The number of nitrogens with zero attached hydrogens (tertiary/aromatic N) is 1. The molecule has 0 radical (unpaired) electrons. The first-order valence-electron chi connectivity index (χ1n) is 10.5. The molecule has 6 heteroatoms. The van der Waals surface area contributed by atoms with Crippen molar-refractivity contribution in [2.45, 2.75) is 45.3 Å². The van der Waals surface area contributed by atoms with Gasteiger partial charge in [0.1, 0.15) is 36.0 Å². The number of nitriles is 1. The first-order valence-corrected chi connectivity index (χ1v) is 10.5. The van der Waals surface area contributed by atoms with Gasteiger partial charge in [-0.2, -0.15) is 5.26 Å². The Morgan fingerprint density at radius 1 is 1.03 bits per heavy atom. The first kappa shape index (κ1) is 23.5. The lowest BCUT2D eigenvalue weighted by Gasteiger charge is -2.15. The van der Waals surface area contributed by atoms with Crippen LogP contribution in [0.15, 0.2) is 42.5 Å². The minimum absolute atomic E-state index is 0.0987. The molecule has 2 aromatic carbocycles. The molecule has 0 aliphatic carbocycles. The predicted octanol–water partition coefficient (Wildman–Crippen LogP) is 4.06. The number of rotatable bonds is 14. The van der Waals surface area contributed by atoms with Crippen LogP contribution in [0.1, 0.15) is 43.7 Å². The van der Waals surface area contributed by atoms with E-state index in [1.807, 2.05) is 24.3 Å². The number of unbranched alkanes of at least 4 members (excludes halogenated alkanes) is 3. The Bertz CT molecular complexity index is 787. The highest BCUT2D eigenvalue weighted by Gasteiger charge is 2.10. The number of nitrogens with one attached hydrogen (secondary N) is 1. The van der Waals surface area contributed by atoms with Gasteiger partial charge in [-0.25, -0.2) is 0 Å². The fourth-order valence-corrected chi connectivity index (χ4v) is 2.90. The molecule has 0 aromatic heterocycles. The molecule has 0 amide bonds. The lowest BCUT2D eigenvalue weighted by atomic mass is 10.2. The molecule has 162 valence electrons. The Balaban J connectivity index is 1.73. The van der Waals surface area contributed by atoms with Crippen molar-refractivity contribution < 1.29 is 19.3 Å². The second kappa shape index (κ2) is 13.5. The van der Waals surface area contributed by atoms with E-state index in [2.05, 4.69) is 18.3 Å². The van der Waals surface area contributed by atoms with E-state index in [4.69, 9.17) is 14.2 Å². The van der Waals surface area contributed by atoms with Crippen LogP contribution in [-0.4, -0.2) is 38.1 Å². The van der Waals surface area contributed by atoms with Crippen molar-refractivity contribution in [3.05, 3.63) is 53.6 Å². The van der Waals surface area contributed by atoms with Gasteiger partial charge in [-0.15, -0.1) is 0 Å². The summed E-state index contributed by atoms with van der Waals surface area (Å²) in [4.78, 5) is 0. The summed E-state index contributed by atoms with van der Waals surface area (Å²) < 4.78 is 16.5. The molecule has 1 atom stereocenters. The van der Waals surface area contributed by atoms with Crippen molar-refractivity contribution >= 4 is 0 Å². The number of aliphatic hydroxyl groups is 1. The molecule has 0 unspecified atom stereocenters. The van der Waals surface area contributed by atoms with Gasteiger partial charge in [0.2, 0.25) is 0 Å². The van der Waals surface area contributed by atoms with Crippen molar-refractivity contribution in [1.29, 1.82) is 5.26 Å². The average Bonchev–Trinajstić information content (AvgIpc) is 2.78. The zero-order valence-corrected chi connectivity index (χ0v) is 17.9. The number of methoxy groups -OCH3 is 1. The van der Waals surface area contributed by atoms with E-state index in [-0.39, 0.29) is 6.61 Å². The van der Waals surface area contributed by atoms with Gasteiger partial charge in [0.05, 0.1) is 19.3 Å². The quantitative estimate of drug-likeness (QED) is 0.455. The van der Waals surface area contributed by atoms with E-state index >= 15 is 0 Å². The zero-order valence-electron chi connectivity index (χ0n) is 17.9. The molecule has 0 spiro atoms. The molecule has 0 saturated carbocycles. The number of ether oxygens (including phenoxy) is 3. The van der Waals surface area contributed by atoms with Crippen molar-refractivity contribution in [1.82, 2.24) is 5.32 Å². The highest BCUT2D eigenvalue weighted by atomic mass is 16.5. The lowest BCUT2D eigenvalue weighted by Crippen LogP contribution is -2.31. The Kier molecular flexibility index (Phi) is 10.6. The third-order valence-corrected chi connectivity index (χ3v) is 4.64. The number of hydrogen-bond acceptors (Lipinski definition) is 6. The molecule has 2 aromatic rings. The summed E-state index contributed by atoms with van der Waals surface area (Å²) in [6.07, 6.45) is 3.85. The van der Waals surface area contributed by atoms with Gasteiger partial charge in [0.15, 0.2) is 0 Å². The summed E-state index contributed by atoms with van der Waals surface area (Å²) in [6, 6.07) is 15.1. The van der Waals surface area contributed by atoms with E-state index < -0.39 is 6.10 Å². The van der Waals surface area contributed by atoms with Crippen LogP contribution in [0.25, 0.3) is 0 Å². The maximum Gasteiger partial charge on any atom is 0.137 e. The topological polar surface area (TPSA) is 83.7 Å². The van der Waals surface area contributed by atoms with E-state index in [9.17, 15) is 10.4 Å². The van der Waals surface area contributed by atoms with Gasteiger partial charge in [-0.1, -0.05) is 38.3 Å². The van der Waals surface area contributed by atoms with Gasteiger partial charge < -0.3 is 24.6 Å². The predicted molar refractivity (Wildman–Crippen MR) is 117 cm³/mol. The fraction of sp³-hybridized carbons (Fsp3) is 0.458. The largest absolute Gasteiger partial charge is 0.497 e. The maximum atomic E-state index is 10.2. The lowest BCUT2D eigenvalue weighted by molar-refractivity contribution is 0.106. The molecule has 0 aliphatic heterocycles. The molecule has 2 rings (SSSR count). The normalized spacial score (nSPS) is 11.5. The molecule has 0 bridgehead atoms. The molecule has 0 heterocycles. The summed E-state index contributed by atoms with van der Waals surface area (Å²) >= 11 is 0. The van der Waals surface area contributed by atoms with Crippen LogP contribution >= 0.6 is 0 Å². The highest BCUT2D eigenvalue weighted by molar-refractivity contribution is 5.47. The number of benzene rings is 2. The minimum Gasteiger partial charge on any atom is -0.497 e. The van der Waals surface area contributed by atoms with Crippen LogP contribution in [0, 0.1) is 11.3 Å². The van der Waals surface area contributed by atoms with Crippen molar-refractivity contribution in [3.8, 4) is 23.3 Å². The molecule has 6 nitrogen and oxygen atoms in total. The molecule has 30 heavy (non-hydrogen) atoms. The van der Waals surface area contributed by atoms with E-state index in [0.717, 1.165) is 24.2 Å². The average molecular weight is 413 g/mol. The van der Waals surface area contributed by atoms with Gasteiger partial charge in [-0.05, 0) is 36.2 Å². The van der Waals surface area contributed by atoms with Crippen molar-refractivity contribution in [3.63, 3.8) is 0 Å². The Morgan fingerprint density at radius 3 is 2.50 bits per heavy atom. The highest BCUT2D eigenvalue weighted by Crippen LogP contribution is 2.24. The molecule has 0 fully saturated rings. The van der Waals surface area contributed by atoms with Gasteiger partial charge in [0, 0.05) is 19.2 Å². The molecule has 0 aliphatic rings. The Morgan fingerprint density at radius 2 is 1.80 bits per heavy atom. The maximum absolute atomic E-state index is 10.2. The third kappa shape index (κ3) is 8.32. The Labute approximate surface area is 179 Å². The summed E-state index contributed by atoms with van der Waals surface area (Å²) in [5.41, 5.74) is 1.50. The van der Waals surface area contributed by atoms with Gasteiger partial charge >= 0.3 is 0 Å². The third-order valence-electron chi connectivity index (χ3n) is 4.64. The smallest absolute Gasteiger partial charge is 0.137 e. The van der Waals surface area contributed by atoms with Crippen LogP contribution in [0.4, 0.5) is 0 Å². The second-order valence-electron chi connectivity index (χ2n) is 7.12. The monoisotopic (exact) mass is 412 g/mol.